The number of H-pyrrole nitrogens is 1. The van der Waals surface area contributed by atoms with Crippen molar-refractivity contribution in [2.45, 2.75) is 0 Å². The molecule has 0 atom stereocenters. The molecule has 0 spiro atoms. The molecular formula is C17H17N3O2. The summed E-state index contributed by atoms with van der Waals surface area (Å²) in [4.78, 5) is 15.6. The third-order valence-electron chi connectivity index (χ3n) is 3.35. The van der Waals surface area contributed by atoms with E-state index in [-0.39, 0.29) is 5.91 Å². The van der Waals surface area contributed by atoms with Crippen molar-refractivity contribution < 1.29 is 9.53 Å². The number of hydrogen-bond acceptors (Lipinski definition) is 3. The van der Waals surface area contributed by atoms with E-state index >= 15 is 0 Å². The number of hydrogen-bond donors (Lipinski definition) is 3. The topological polar surface area (TPSA) is 80.1 Å². The highest BCUT2D eigenvalue weighted by atomic mass is 16.5. The van der Waals surface area contributed by atoms with Gasteiger partial charge in [0.15, 0.2) is 0 Å². The van der Waals surface area contributed by atoms with Crippen LogP contribution in [0.3, 0.4) is 0 Å². The molecule has 0 aliphatic carbocycles. The molecule has 1 heterocycles. The fraction of sp³-hybridized carbons (Fsp3) is 0.118. The first-order chi connectivity index (χ1) is 10.8. The zero-order valence-corrected chi connectivity index (χ0v) is 12.0. The second kappa shape index (κ2) is 6.32. The van der Waals surface area contributed by atoms with Crippen molar-refractivity contribution in [2.24, 2.45) is 5.73 Å². The molecule has 1 amide bonds. The predicted octanol–water partition coefficient (Wildman–Crippen LogP) is 2.76. The Morgan fingerprint density at radius 1 is 1.14 bits per heavy atom. The Kier molecular flexibility index (Phi) is 4.07. The number of ether oxygens (including phenoxy) is 1. The summed E-state index contributed by atoms with van der Waals surface area (Å²) in [7, 11) is 0. The predicted molar refractivity (Wildman–Crippen MR) is 87.2 cm³/mol. The molecule has 2 aromatic carbocycles. The number of nitrogens with two attached hydrogens (primary N) is 1. The lowest BCUT2D eigenvalue weighted by molar-refractivity contribution is 0.102. The molecule has 5 nitrogen and oxygen atoms in total. The van der Waals surface area contributed by atoms with E-state index in [9.17, 15) is 4.79 Å². The van der Waals surface area contributed by atoms with Gasteiger partial charge in [-0.25, -0.2) is 0 Å². The maximum Gasteiger partial charge on any atom is 0.256 e. The van der Waals surface area contributed by atoms with Crippen molar-refractivity contribution in [3.05, 3.63) is 60.3 Å². The summed E-state index contributed by atoms with van der Waals surface area (Å²) in [5, 5.41) is 3.79. The smallest absolute Gasteiger partial charge is 0.256 e. The number of amides is 1. The lowest BCUT2D eigenvalue weighted by Crippen LogP contribution is -2.15. The van der Waals surface area contributed by atoms with E-state index < -0.39 is 0 Å². The third kappa shape index (κ3) is 2.80. The van der Waals surface area contributed by atoms with Crippen molar-refractivity contribution in [1.82, 2.24) is 4.98 Å². The molecule has 0 radical (unpaired) electrons. The molecule has 0 fully saturated rings. The van der Waals surface area contributed by atoms with Gasteiger partial charge in [0.25, 0.3) is 5.91 Å². The third-order valence-corrected chi connectivity index (χ3v) is 3.35. The van der Waals surface area contributed by atoms with Crippen LogP contribution in [0.4, 0.5) is 5.69 Å². The van der Waals surface area contributed by atoms with E-state index in [1.807, 2.05) is 42.6 Å². The first kappa shape index (κ1) is 14.2. The molecular weight excluding hydrogens is 278 g/mol. The first-order valence-electron chi connectivity index (χ1n) is 7.09. The molecule has 3 rings (SSSR count). The van der Waals surface area contributed by atoms with Gasteiger partial charge in [0.1, 0.15) is 12.4 Å². The zero-order valence-electron chi connectivity index (χ0n) is 12.0. The van der Waals surface area contributed by atoms with Crippen LogP contribution in [0.2, 0.25) is 0 Å². The molecule has 22 heavy (non-hydrogen) atoms. The summed E-state index contributed by atoms with van der Waals surface area (Å²) in [6, 6.07) is 14.8. The van der Waals surface area contributed by atoms with Crippen LogP contribution < -0.4 is 15.8 Å². The minimum absolute atomic E-state index is 0.172. The first-order valence-corrected chi connectivity index (χ1v) is 7.09. The summed E-state index contributed by atoms with van der Waals surface area (Å²) >= 11 is 0. The van der Waals surface area contributed by atoms with E-state index in [0.717, 1.165) is 10.9 Å². The summed E-state index contributed by atoms with van der Waals surface area (Å²) in [5.74, 6) is 0.441. The van der Waals surface area contributed by atoms with Gasteiger partial charge in [-0.1, -0.05) is 18.2 Å². The van der Waals surface area contributed by atoms with Crippen molar-refractivity contribution >= 4 is 22.5 Å². The number of carbonyl (C=O) groups is 1. The summed E-state index contributed by atoms with van der Waals surface area (Å²) in [5.41, 5.74) is 7.63. The Hall–Kier alpha value is -2.79. The number of rotatable bonds is 5. The molecule has 4 N–H and O–H groups in total. The lowest BCUT2D eigenvalue weighted by Gasteiger charge is -2.12. The van der Waals surface area contributed by atoms with Gasteiger partial charge in [0.2, 0.25) is 0 Å². The number of aromatic nitrogens is 1. The number of anilines is 1. The highest BCUT2D eigenvalue weighted by Crippen LogP contribution is 2.25. The zero-order chi connectivity index (χ0) is 15.4. The van der Waals surface area contributed by atoms with Crippen LogP contribution in [0, 0.1) is 0 Å². The van der Waals surface area contributed by atoms with Gasteiger partial charge in [-0.05, 0) is 30.3 Å². The van der Waals surface area contributed by atoms with Crippen molar-refractivity contribution in [3.63, 3.8) is 0 Å². The minimum atomic E-state index is -0.172. The number of para-hydroxylation sites is 2. The number of fused-ring (bicyclic) bond motifs is 1. The summed E-state index contributed by atoms with van der Waals surface area (Å²) < 4.78 is 5.55. The van der Waals surface area contributed by atoms with Gasteiger partial charge in [-0.2, -0.15) is 0 Å². The number of carbonyl (C=O) groups excluding carboxylic acids is 1. The number of nitrogens with one attached hydrogen (secondary N) is 2. The lowest BCUT2D eigenvalue weighted by atomic mass is 10.1. The molecule has 0 saturated heterocycles. The minimum Gasteiger partial charge on any atom is -0.490 e. The summed E-state index contributed by atoms with van der Waals surface area (Å²) in [6.45, 7) is 0.825. The molecule has 0 bridgehead atoms. The second-order valence-corrected chi connectivity index (χ2v) is 4.83. The SMILES string of the molecule is NCCOc1ccccc1NC(=O)c1cccc2[nH]ccc12. The molecule has 112 valence electrons. The largest absolute Gasteiger partial charge is 0.490 e. The van der Waals surface area contributed by atoms with Gasteiger partial charge in [0, 0.05) is 29.2 Å². The van der Waals surface area contributed by atoms with Gasteiger partial charge >= 0.3 is 0 Å². The molecule has 0 saturated carbocycles. The van der Waals surface area contributed by atoms with Crippen LogP contribution in [0.1, 0.15) is 10.4 Å². The Morgan fingerprint density at radius 3 is 2.86 bits per heavy atom. The quantitative estimate of drug-likeness (QED) is 0.677. The maximum absolute atomic E-state index is 12.5. The standard InChI is InChI=1S/C17H17N3O2/c18-9-11-22-16-7-2-1-5-15(16)20-17(21)13-4-3-6-14-12(13)8-10-19-14/h1-8,10,19H,9,11,18H2,(H,20,21). The second-order valence-electron chi connectivity index (χ2n) is 4.83. The van der Waals surface area contributed by atoms with Gasteiger partial charge in [0.05, 0.1) is 5.69 Å². The molecule has 0 aliphatic heterocycles. The normalized spacial score (nSPS) is 10.6. The van der Waals surface area contributed by atoms with Crippen LogP contribution >= 0.6 is 0 Å². The molecule has 0 unspecified atom stereocenters. The number of aromatic amines is 1. The Balaban J connectivity index is 1.87. The Labute approximate surface area is 128 Å². The fourth-order valence-electron chi connectivity index (χ4n) is 2.34. The van der Waals surface area contributed by atoms with Crippen LogP contribution in [0.15, 0.2) is 54.7 Å². The average Bonchev–Trinajstić information content (AvgIpc) is 3.02. The van der Waals surface area contributed by atoms with Crippen molar-refractivity contribution in [2.75, 3.05) is 18.5 Å². The van der Waals surface area contributed by atoms with Crippen LogP contribution in [0.25, 0.3) is 10.9 Å². The van der Waals surface area contributed by atoms with E-state index in [4.69, 9.17) is 10.5 Å². The molecule has 3 aromatic rings. The van der Waals surface area contributed by atoms with Crippen LogP contribution in [-0.4, -0.2) is 24.0 Å². The monoisotopic (exact) mass is 295 g/mol. The van der Waals surface area contributed by atoms with E-state index in [2.05, 4.69) is 10.3 Å². The van der Waals surface area contributed by atoms with Gasteiger partial charge in [-0.15, -0.1) is 0 Å². The Morgan fingerprint density at radius 2 is 2.00 bits per heavy atom. The van der Waals surface area contributed by atoms with Crippen molar-refractivity contribution in [3.8, 4) is 5.75 Å². The highest BCUT2D eigenvalue weighted by Gasteiger charge is 2.12. The van der Waals surface area contributed by atoms with E-state index in [1.54, 1.807) is 12.1 Å². The van der Waals surface area contributed by atoms with E-state index in [0.29, 0.717) is 30.2 Å². The van der Waals surface area contributed by atoms with Crippen LogP contribution in [0.5, 0.6) is 5.75 Å². The summed E-state index contributed by atoms with van der Waals surface area (Å²) in [6.07, 6.45) is 1.82. The average molecular weight is 295 g/mol. The molecule has 5 heteroatoms. The number of benzene rings is 2. The van der Waals surface area contributed by atoms with Crippen molar-refractivity contribution in [1.29, 1.82) is 0 Å². The fourth-order valence-corrected chi connectivity index (χ4v) is 2.34. The van der Waals surface area contributed by atoms with Gasteiger partial charge in [-0.3, -0.25) is 4.79 Å². The molecule has 1 aromatic heterocycles. The highest BCUT2D eigenvalue weighted by molar-refractivity contribution is 6.12. The van der Waals surface area contributed by atoms with E-state index in [1.165, 1.54) is 0 Å². The molecule has 0 aliphatic rings. The van der Waals surface area contributed by atoms with Gasteiger partial charge < -0.3 is 20.8 Å². The maximum atomic E-state index is 12.5. The van der Waals surface area contributed by atoms with Crippen LogP contribution in [-0.2, 0) is 0 Å². The Bertz CT molecular complexity index is 795.